The van der Waals surface area contributed by atoms with Gasteiger partial charge in [0.25, 0.3) is 11.6 Å². The van der Waals surface area contributed by atoms with E-state index in [4.69, 9.17) is 21.1 Å². The van der Waals surface area contributed by atoms with E-state index in [0.717, 1.165) is 11.6 Å². The van der Waals surface area contributed by atoms with Crippen molar-refractivity contribution in [1.29, 1.82) is 0 Å². The Morgan fingerprint density at radius 2 is 1.96 bits per heavy atom. The highest BCUT2D eigenvalue weighted by Gasteiger charge is 2.14. The monoisotopic (exact) mass is 378 g/mol. The predicted molar refractivity (Wildman–Crippen MR) is 94.4 cm³/mol. The Morgan fingerprint density at radius 3 is 2.65 bits per heavy atom. The van der Waals surface area contributed by atoms with Crippen LogP contribution >= 0.6 is 11.6 Å². The number of nitro benzene ring substituents is 1. The molecule has 0 heterocycles. The summed E-state index contributed by atoms with van der Waals surface area (Å²) in [6.45, 7) is 0.956. The van der Waals surface area contributed by atoms with E-state index in [2.05, 4.69) is 5.32 Å². The normalized spacial score (nSPS) is 10.1. The number of hydrogen-bond donors (Lipinski definition) is 1. The smallest absolute Gasteiger partial charge is 0.344 e. The molecule has 0 saturated carbocycles. The van der Waals surface area contributed by atoms with E-state index in [9.17, 15) is 19.7 Å². The van der Waals surface area contributed by atoms with Gasteiger partial charge in [0.1, 0.15) is 5.75 Å². The fourth-order valence-electron chi connectivity index (χ4n) is 1.94. The summed E-state index contributed by atoms with van der Waals surface area (Å²) < 4.78 is 10.1. The Bertz CT molecular complexity index is 840. The van der Waals surface area contributed by atoms with Crippen LogP contribution in [0.15, 0.2) is 42.5 Å². The van der Waals surface area contributed by atoms with Crippen LogP contribution in [0.25, 0.3) is 0 Å². The molecule has 2 aromatic rings. The third kappa shape index (κ3) is 5.75. The molecule has 0 aliphatic rings. The van der Waals surface area contributed by atoms with Gasteiger partial charge < -0.3 is 14.8 Å². The molecule has 8 nitrogen and oxygen atoms in total. The van der Waals surface area contributed by atoms with Crippen molar-refractivity contribution in [3.63, 3.8) is 0 Å². The van der Waals surface area contributed by atoms with Gasteiger partial charge in [0.2, 0.25) is 0 Å². The van der Waals surface area contributed by atoms with Crippen LogP contribution in [0.4, 0.5) is 11.4 Å². The lowest BCUT2D eigenvalue weighted by atomic mass is 10.2. The van der Waals surface area contributed by atoms with Crippen LogP contribution in [0.5, 0.6) is 5.75 Å². The number of hydrogen-bond acceptors (Lipinski definition) is 6. The second kappa shape index (κ2) is 8.82. The Balaban J connectivity index is 1.82. The number of benzene rings is 2. The Labute approximate surface area is 153 Å². The number of nitrogens with zero attached hydrogens (tertiary/aromatic N) is 1. The van der Waals surface area contributed by atoms with Crippen LogP contribution < -0.4 is 10.1 Å². The zero-order chi connectivity index (χ0) is 19.1. The molecular formula is C17H15ClN2O6. The number of aryl methyl sites for hydroxylation is 1. The van der Waals surface area contributed by atoms with Crippen LogP contribution in [0, 0.1) is 17.0 Å². The summed E-state index contributed by atoms with van der Waals surface area (Å²) in [6, 6.07) is 10.7. The van der Waals surface area contributed by atoms with Gasteiger partial charge >= 0.3 is 5.97 Å². The molecule has 2 aromatic carbocycles. The highest BCUT2D eigenvalue weighted by molar-refractivity contribution is 6.33. The van der Waals surface area contributed by atoms with Gasteiger partial charge in [0.05, 0.1) is 15.6 Å². The van der Waals surface area contributed by atoms with E-state index >= 15 is 0 Å². The van der Waals surface area contributed by atoms with Crippen LogP contribution in [0.2, 0.25) is 5.02 Å². The SMILES string of the molecule is Cc1cccc(OCC(=O)OCC(=O)Nc2cc([N+](=O)[O-])ccc2Cl)c1. The summed E-state index contributed by atoms with van der Waals surface area (Å²) >= 11 is 5.87. The number of carbonyl (C=O) groups excluding carboxylic acids is 2. The van der Waals surface area contributed by atoms with Crippen molar-refractivity contribution < 1.29 is 24.0 Å². The maximum atomic E-state index is 11.8. The Morgan fingerprint density at radius 1 is 1.19 bits per heavy atom. The van der Waals surface area contributed by atoms with Gasteiger partial charge in [-0.2, -0.15) is 0 Å². The van der Waals surface area contributed by atoms with Crippen molar-refractivity contribution in [2.24, 2.45) is 0 Å². The van der Waals surface area contributed by atoms with Crippen LogP contribution in [-0.2, 0) is 14.3 Å². The lowest BCUT2D eigenvalue weighted by Crippen LogP contribution is -2.23. The highest BCUT2D eigenvalue weighted by atomic mass is 35.5. The standard InChI is InChI=1S/C17H15ClN2O6/c1-11-3-2-4-13(7-11)25-10-17(22)26-9-16(21)19-15-8-12(20(23)24)5-6-14(15)18/h2-8H,9-10H2,1H3,(H,19,21). The number of rotatable bonds is 7. The number of anilines is 1. The third-order valence-electron chi connectivity index (χ3n) is 3.15. The van der Waals surface area contributed by atoms with Crippen molar-refractivity contribution in [3.05, 3.63) is 63.2 Å². The molecule has 0 bridgehead atoms. The maximum Gasteiger partial charge on any atom is 0.344 e. The number of halogens is 1. The summed E-state index contributed by atoms with van der Waals surface area (Å²) in [4.78, 5) is 33.6. The van der Waals surface area contributed by atoms with Gasteiger partial charge in [-0.15, -0.1) is 0 Å². The van der Waals surface area contributed by atoms with E-state index in [1.165, 1.54) is 12.1 Å². The topological polar surface area (TPSA) is 108 Å². The summed E-state index contributed by atoms with van der Waals surface area (Å²) in [5.41, 5.74) is 0.801. The van der Waals surface area contributed by atoms with Crippen molar-refractivity contribution in [1.82, 2.24) is 0 Å². The second-order valence-electron chi connectivity index (χ2n) is 5.24. The lowest BCUT2D eigenvalue weighted by Gasteiger charge is -2.09. The molecule has 136 valence electrons. The highest BCUT2D eigenvalue weighted by Crippen LogP contribution is 2.26. The fourth-order valence-corrected chi connectivity index (χ4v) is 2.11. The molecule has 0 fully saturated rings. The first kappa shape index (κ1) is 19.2. The number of esters is 1. The molecule has 0 atom stereocenters. The van der Waals surface area contributed by atoms with Gasteiger partial charge in [-0.25, -0.2) is 4.79 Å². The van der Waals surface area contributed by atoms with E-state index in [1.807, 2.05) is 13.0 Å². The molecule has 0 aliphatic carbocycles. The average molecular weight is 379 g/mol. The zero-order valence-electron chi connectivity index (χ0n) is 13.7. The van der Waals surface area contributed by atoms with Gasteiger partial charge in [-0.05, 0) is 30.7 Å². The Kier molecular flexibility index (Phi) is 6.51. The quantitative estimate of drug-likeness (QED) is 0.450. The van der Waals surface area contributed by atoms with Crippen LogP contribution in [-0.4, -0.2) is 30.0 Å². The molecule has 2 rings (SSSR count). The van der Waals surface area contributed by atoms with Crippen molar-refractivity contribution in [2.45, 2.75) is 6.92 Å². The van der Waals surface area contributed by atoms with Crippen molar-refractivity contribution in [2.75, 3.05) is 18.5 Å². The van der Waals surface area contributed by atoms with E-state index < -0.39 is 23.4 Å². The van der Waals surface area contributed by atoms with Crippen LogP contribution in [0.3, 0.4) is 0 Å². The number of nitro groups is 1. The minimum atomic E-state index is -0.730. The number of ether oxygens (including phenoxy) is 2. The van der Waals surface area contributed by atoms with E-state index in [-0.39, 0.29) is 23.0 Å². The van der Waals surface area contributed by atoms with Gasteiger partial charge in [-0.1, -0.05) is 23.7 Å². The number of amides is 1. The average Bonchev–Trinajstić information content (AvgIpc) is 2.60. The zero-order valence-corrected chi connectivity index (χ0v) is 14.5. The minimum Gasteiger partial charge on any atom is -0.482 e. The molecule has 9 heteroatoms. The molecule has 26 heavy (non-hydrogen) atoms. The fraction of sp³-hybridized carbons (Fsp3) is 0.176. The molecule has 0 spiro atoms. The Hall–Kier alpha value is -3.13. The molecule has 0 radical (unpaired) electrons. The van der Waals surface area contributed by atoms with Gasteiger partial charge in [-0.3, -0.25) is 14.9 Å². The summed E-state index contributed by atoms with van der Waals surface area (Å²) in [7, 11) is 0. The first-order chi connectivity index (χ1) is 12.3. The first-order valence-electron chi connectivity index (χ1n) is 7.44. The molecule has 1 N–H and O–H groups in total. The first-order valence-corrected chi connectivity index (χ1v) is 7.82. The molecular weight excluding hydrogens is 364 g/mol. The molecule has 0 unspecified atom stereocenters. The lowest BCUT2D eigenvalue weighted by molar-refractivity contribution is -0.384. The van der Waals surface area contributed by atoms with Crippen LogP contribution in [0.1, 0.15) is 5.56 Å². The molecule has 0 aromatic heterocycles. The number of nitrogens with one attached hydrogen (secondary N) is 1. The number of non-ortho nitro benzene ring substituents is 1. The van der Waals surface area contributed by atoms with E-state index in [0.29, 0.717) is 5.75 Å². The molecule has 1 amide bonds. The van der Waals surface area contributed by atoms with Crippen molar-refractivity contribution >= 4 is 34.9 Å². The predicted octanol–water partition coefficient (Wildman–Crippen LogP) is 3.12. The number of carbonyl (C=O) groups is 2. The molecule has 0 aliphatic heterocycles. The summed E-state index contributed by atoms with van der Waals surface area (Å²) in [6.07, 6.45) is 0. The third-order valence-corrected chi connectivity index (χ3v) is 3.47. The van der Waals surface area contributed by atoms with Gasteiger partial charge in [0.15, 0.2) is 13.2 Å². The largest absolute Gasteiger partial charge is 0.482 e. The summed E-state index contributed by atoms with van der Waals surface area (Å²) in [5, 5.41) is 13.2. The maximum absolute atomic E-state index is 11.8. The second-order valence-corrected chi connectivity index (χ2v) is 5.64. The van der Waals surface area contributed by atoms with Crippen molar-refractivity contribution in [3.8, 4) is 5.75 Å². The molecule has 0 saturated heterocycles. The van der Waals surface area contributed by atoms with Gasteiger partial charge in [0, 0.05) is 12.1 Å². The summed E-state index contributed by atoms with van der Waals surface area (Å²) in [5.74, 6) is -0.905. The van der Waals surface area contributed by atoms with E-state index in [1.54, 1.807) is 18.2 Å². The minimum absolute atomic E-state index is 0.0536.